The Morgan fingerprint density at radius 2 is 1.85 bits per heavy atom. The average molecular weight is 375 g/mol. The van der Waals surface area contributed by atoms with Crippen molar-refractivity contribution in [1.82, 2.24) is 19.6 Å². The first kappa shape index (κ1) is 17.5. The van der Waals surface area contributed by atoms with Gasteiger partial charge in [-0.3, -0.25) is 0 Å². The number of nitrogens with two attached hydrogens (primary N) is 1. The van der Waals surface area contributed by atoms with Crippen molar-refractivity contribution in [2.24, 2.45) is 17.1 Å². The molecule has 0 aromatic carbocycles. The van der Waals surface area contributed by atoms with Gasteiger partial charge < -0.3 is 5.73 Å². The largest absolute Gasteiger partial charge is 0.322 e. The maximum absolute atomic E-state index is 13.2. The molecule has 0 saturated heterocycles. The molecule has 3 aliphatic rings. The van der Waals surface area contributed by atoms with Crippen LogP contribution in [0.4, 0.5) is 8.78 Å². The smallest absolute Gasteiger partial charge is 0.251 e. The van der Waals surface area contributed by atoms with Crippen molar-refractivity contribution < 1.29 is 8.78 Å². The van der Waals surface area contributed by atoms with E-state index in [0.717, 1.165) is 29.9 Å². The van der Waals surface area contributed by atoms with Crippen molar-refractivity contribution in [2.75, 3.05) is 0 Å². The number of aryl methyl sites for hydroxylation is 1. The van der Waals surface area contributed by atoms with Crippen LogP contribution in [-0.2, 0) is 0 Å². The SMILES string of the molecule is Cc1nn2cc(C(N)C3CC4(C3)CC(F)(F)C4)nc2nc1C1CCCCC1. The zero-order chi connectivity index (χ0) is 18.8. The van der Waals surface area contributed by atoms with Crippen LogP contribution < -0.4 is 5.73 Å². The lowest BCUT2D eigenvalue weighted by molar-refractivity contribution is -0.209. The predicted octanol–water partition coefficient (Wildman–Crippen LogP) is 4.31. The number of alkyl halides is 2. The van der Waals surface area contributed by atoms with Crippen LogP contribution in [0.25, 0.3) is 5.78 Å². The monoisotopic (exact) mass is 375 g/mol. The summed E-state index contributed by atoms with van der Waals surface area (Å²) in [5.74, 6) is -1.14. The second-order valence-corrected chi connectivity index (χ2v) is 9.23. The van der Waals surface area contributed by atoms with Gasteiger partial charge in [-0.25, -0.2) is 23.3 Å². The van der Waals surface area contributed by atoms with E-state index in [1.807, 2.05) is 13.1 Å². The zero-order valence-corrected chi connectivity index (χ0v) is 15.8. The van der Waals surface area contributed by atoms with Crippen molar-refractivity contribution in [1.29, 1.82) is 0 Å². The fourth-order valence-corrected chi connectivity index (χ4v) is 5.74. The van der Waals surface area contributed by atoms with E-state index < -0.39 is 5.92 Å². The summed E-state index contributed by atoms with van der Waals surface area (Å²) in [5, 5.41) is 4.67. The number of halogens is 2. The van der Waals surface area contributed by atoms with E-state index >= 15 is 0 Å². The van der Waals surface area contributed by atoms with Gasteiger partial charge in [-0.05, 0) is 43.9 Å². The van der Waals surface area contributed by atoms with Gasteiger partial charge in [0.25, 0.3) is 5.78 Å². The first-order chi connectivity index (χ1) is 12.8. The molecule has 0 radical (unpaired) electrons. The molecule has 1 spiro atoms. The van der Waals surface area contributed by atoms with Gasteiger partial charge in [-0.2, -0.15) is 5.10 Å². The average Bonchev–Trinajstić information content (AvgIpc) is 2.99. The molecule has 3 fully saturated rings. The van der Waals surface area contributed by atoms with E-state index in [-0.39, 0.29) is 30.2 Å². The normalized spacial score (nSPS) is 26.1. The van der Waals surface area contributed by atoms with Gasteiger partial charge in [0.05, 0.1) is 29.3 Å². The van der Waals surface area contributed by atoms with Gasteiger partial charge in [0.2, 0.25) is 5.92 Å². The molecule has 5 rings (SSSR count). The highest BCUT2D eigenvalue weighted by Gasteiger charge is 2.62. The number of nitrogens with zero attached hydrogens (tertiary/aromatic N) is 4. The molecule has 3 aliphatic carbocycles. The summed E-state index contributed by atoms with van der Waals surface area (Å²) in [6.07, 6.45) is 9.65. The molecule has 1 atom stereocenters. The Hall–Kier alpha value is -1.63. The fraction of sp³-hybridized carbons (Fsp3) is 0.750. The Morgan fingerprint density at radius 1 is 1.15 bits per heavy atom. The van der Waals surface area contributed by atoms with E-state index in [1.54, 1.807) is 4.52 Å². The molecular weight excluding hydrogens is 348 g/mol. The Kier molecular flexibility index (Phi) is 3.84. The predicted molar refractivity (Wildman–Crippen MR) is 97.6 cm³/mol. The lowest BCUT2D eigenvalue weighted by atomic mass is 9.49. The summed E-state index contributed by atoms with van der Waals surface area (Å²) >= 11 is 0. The highest BCUT2D eigenvalue weighted by molar-refractivity contribution is 5.33. The highest BCUT2D eigenvalue weighted by atomic mass is 19.3. The third-order valence-corrected chi connectivity index (χ3v) is 7.04. The second-order valence-electron chi connectivity index (χ2n) is 9.23. The van der Waals surface area contributed by atoms with E-state index in [2.05, 4.69) is 10.1 Å². The molecule has 0 bridgehead atoms. The number of rotatable bonds is 3. The van der Waals surface area contributed by atoms with Gasteiger partial charge >= 0.3 is 0 Å². The van der Waals surface area contributed by atoms with Gasteiger partial charge in [0, 0.05) is 18.8 Å². The number of fused-ring (bicyclic) bond motifs is 1. The van der Waals surface area contributed by atoms with Gasteiger partial charge in [0.15, 0.2) is 0 Å². The number of aromatic nitrogens is 4. The van der Waals surface area contributed by atoms with Crippen molar-refractivity contribution in [3.8, 4) is 0 Å². The van der Waals surface area contributed by atoms with Crippen molar-refractivity contribution in [2.45, 2.75) is 82.6 Å². The van der Waals surface area contributed by atoms with Gasteiger partial charge in [0.1, 0.15) is 0 Å². The summed E-state index contributed by atoms with van der Waals surface area (Å²) in [6, 6.07) is -0.230. The Labute approximate surface area is 157 Å². The molecule has 2 heterocycles. The lowest BCUT2D eigenvalue weighted by Gasteiger charge is -2.58. The summed E-state index contributed by atoms with van der Waals surface area (Å²) in [6.45, 7) is 2.02. The molecule has 5 nitrogen and oxygen atoms in total. The van der Waals surface area contributed by atoms with Crippen molar-refractivity contribution >= 4 is 5.78 Å². The third kappa shape index (κ3) is 2.94. The maximum atomic E-state index is 13.2. The molecule has 0 aliphatic heterocycles. The first-order valence-electron chi connectivity index (χ1n) is 10.2. The summed E-state index contributed by atoms with van der Waals surface area (Å²) < 4.78 is 28.1. The Bertz CT molecular complexity index is 855. The van der Waals surface area contributed by atoms with Crippen LogP contribution in [-0.4, -0.2) is 25.5 Å². The number of hydrogen-bond acceptors (Lipinski definition) is 4. The minimum atomic E-state index is -2.46. The second kappa shape index (κ2) is 5.93. The van der Waals surface area contributed by atoms with Crippen LogP contribution in [0.15, 0.2) is 6.20 Å². The molecule has 2 N–H and O–H groups in total. The summed E-state index contributed by atoms with van der Waals surface area (Å²) in [7, 11) is 0. The minimum Gasteiger partial charge on any atom is -0.322 e. The lowest BCUT2D eigenvalue weighted by Crippen LogP contribution is -2.55. The van der Waals surface area contributed by atoms with Gasteiger partial charge in [-0.1, -0.05) is 19.3 Å². The highest BCUT2D eigenvalue weighted by Crippen LogP contribution is 2.66. The fourth-order valence-electron chi connectivity index (χ4n) is 5.74. The molecule has 3 saturated carbocycles. The Balaban J connectivity index is 1.34. The maximum Gasteiger partial charge on any atom is 0.251 e. The van der Waals surface area contributed by atoms with Gasteiger partial charge in [-0.15, -0.1) is 0 Å². The molecule has 27 heavy (non-hydrogen) atoms. The topological polar surface area (TPSA) is 69.1 Å². The van der Waals surface area contributed by atoms with Crippen LogP contribution in [0, 0.1) is 18.3 Å². The zero-order valence-electron chi connectivity index (χ0n) is 15.8. The van der Waals surface area contributed by atoms with E-state index in [4.69, 9.17) is 10.7 Å². The van der Waals surface area contributed by atoms with Crippen LogP contribution in [0.2, 0.25) is 0 Å². The van der Waals surface area contributed by atoms with Crippen LogP contribution in [0.3, 0.4) is 0 Å². The first-order valence-corrected chi connectivity index (χ1v) is 10.2. The van der Waals surface area contributed by atoms with E-state index in [9.17, 15) is 8.78 Å². The molecule has 7 heteroatoms. The Morgan fingerprint density at radius 3 is 2.52 bits per heavy atom. The molecule has 2 aromatic heterocycles. The van der Waals surface area contributed by atoms with Crippen LogP contribution >= 0.6 is 0 Å². The number of imidazole rings is 1. The van der Waals surface area contributed by atoms with Crippen molar-refractivity contribution in [3.63, 3.8) is 0 Å². The minimum absolute atomic E-state index is 0.0292. The summed E-state index contributed by atoms with van der Waals surface area (Å²) in [5.41, 5.74) is 9.09. The summed E-state index contributed by atoms with van der Waals surface area (Å²) in [4.78, 5) is 9.46. The van der Waals surface area contributed by atoms with E-state index in [0.29, 0.717) is 11.7 Å². The molecule has 0 amide bonds. The standard InChI is InChI=1S/C20H27F2N5/c1-12-17(13-5-3-2-4-6-13)25-18-24-15(9-27(18)26-12)16(23)14-7-19(8-14)10-20(21,22)11-19/h9,13-14,16H,2-8,10-11,23H2,1H3. The van der Waals surface area contributed by atoms with Crippen LogP contribution in [0.1, 0.15) is 86.8 Å². The van der Waals surface area contributed by atoms with E-state index in [1.165, 1.54) is 32.1 Å². The number of hydrogen-bond donors (Lipinski definition) is 1. The molecular formula is C20H27F2N5. The molecule has 2 aromatic rings. The molecule has 146 valence electrons. The van der Waals surface area contributed by atoms with Crippen molar-refractivity contribution in [3.05, 3.63) is 23.3 Å². The van der Waals surface area contributed by atoms with Crippen LogP contribution in [0.5, 0.6) is 0 Å². The molecule has 1 unspecified atom stereocenters. The quantitative estimate of drug-likeness (QED) is 0.868. The third-order valence-electron chi connectivity index (χ3n) is 7.04.